The monoisotopic (exact) mass is 484 g/mol. The fourth-order valence-corrected chi connectivity index (χ4v) is 3.45. The number of nitrogens with zero attached hydrogens (tertiary/aromatic N) is 3. The molecule has 3 aromatic rings. The van der Waals surface area contributed by atoms with Crippen LogP contribution in [0.25, 0.3) is 0 Å². The summed E-state index contributed by atoms with van der Waals surface area (Å²) >= 11 is 0. The van der Waals surface area contributed by atoms with Crippen LogP contribution in [0.1, 0.15) is 51.6 Å². The van der Waals surface area contributed by atoms with Crippen molar-refractivity contribution in [3.05, 3.63) is 73.2 Å². The summed E-state index contributed by atoms with van der Waals surface area (Å²) in [5.74, 6) is -0.749. The van der Waals surface area contributed by atoms with Crippen molar-refractivity contribution < 1.29 is 23.6 Å². The van der Waals surface area contributed by atoms with Crippen LogP contribution in [0, 0.1) is 19.8 Å². The zero-order chi connectivity index (χ0) is 25.9. The number of hydrogen-bond donors (Lipinski definition) is 1. The number of carbonyl (C=O) groups is 2. The van der Waals surface area contributed by atoms with Crippen LogP contribution in [-0.4, -0.2) is 32.7 Å². The number of hydrogen-bond acceptors (Lipinski definition) is 9. The van der Waals surface area contributed by atoms with Gasteiger partial charge in [-0.3, -0.25) is 18.7 Å². The van der Waals surface area contributed by atoms with E-state index in [4.69, 9.17) is 19.7 Å². The first-order chi connectivity index (χ1) is 16.5. The minimum absolute atomic E-state index is 0.0420. The number of carbonyl (C=O) groups excluding carboxylic acids is 2. The number of Topliss-reactive ketones (excluding diaryl/α,β-unsaturated/α-hetero) is 1. The maximum absolute atomic E-state index is 12.8. The van der Waals surface area contributed by atoms with E-state index in [1.807, 2.05) is 13.8 Å². The van der Waals surface area contributed by atoms with Crippen LogP contribution in [0.3, 0.4) is 0 Å². The van der Waals surface area contributed by atoms with Crippen molar-refractivity contribution in [2.45, 2.75) is 40.8 Å². The second-order valence-corrected chi connectivity index (χ2v) is 8.53. The van der Waals surface area contributed by atoms with Crippen LogP contribution in [0.4, 0.5) is 5.82 Å². The lowest BCUT2D eigenvalue weighted by Gasteiger charge is -2.16. The van der Waals surface area contributed by atoms with Gasteiger partial charge in [-0.05, 0) is 38.0 Å². The molecule has 0 aliphatic carbocycles. The largest absolute Gasteiger partial charge is 0.489 e. The standard InChI is InChI=1S/C24H28N4O7/c1-13(2)10-28-21(25)20(22(30)27(5)24(28)32)19(29)12-34-23(31)16-7-6-8-17(9-16)33-11-18-14(3)26-35-15(18)4/h6-9,13H,10-12,25H2,1-5H3. The molecule has 0 saturated heterocycles. The van der Waals surface area contributed by atoms with Crippen molar-refractivity contribution in [2.24, 2.45) is 13.0 Å². The molecule has 0 saturated carbocycles. The maximum atomic E-state index is 12.8. The molecule has 0 aliphatic rings. The molecule has 186 valence electrons. The van der Waals surface area contributed by atoms with E-state index in [2.05, 4.69) is 5.16 Å². The van der Waals surface area contributed by atoms with Crippen molar-refractivity contribution >= 4 is 17.6 Å². The Labute approximate surface area is 201 Å². The molecule has 0 aliphatic heterocycles. The quantitative estimate of drug-likeness (QED) is 0.355. The summed E-state index contributed by atoms with van der Waals surface area (Å²) < 4.78 is 17.9. The Kier molecular flexibility index (Phi) is 7.58. The third-order valence-electron chi connectivity index (χ3n) is 5.38. The number of ether oxygens (including phenoxy) is 2. The highest BCUT2D eigenvalue weighted by Gasteiger charge is 2.23. The van der Waals surface area contributed by atoms with Gasteiger partial charge in [0.05, 0.1) is 16.8 Å². The molecule has 0 radical (unpaired) electrons. The highest BCUT2D eigenvalue weighted by atomic mass is 16.5. The average Bonchev–Trinajstić information content (AvgIpc) is 3.14. The van der Waals surface area contributed by atoms with Gasteiger partial charge in [-0.25, -0.2) is 9.59 Å². The molecular weight excluding hydrogens is 456 g/mol. The topological polar surface area (TPSA) is 149 Å². The third-order valence-corrected chi connectivity index (χ3v) is 5.38. The lowest BCUT2D eigenvalue weighted by molar-refractivity contribution is 0.0473. The lowest BCUT2D eigenvalue weighted by atomic mass is 10.1. The zero-order valence-corrected chi connectivity index (χ0v) is 20.3. The van der Waals surface area contributed by atoms with Crippen LogP contribution in [-0.2, 0) is 24.9 Å². The third kappa shape index (κ3) is 5.51. The van der Waals surface area contributed by atoms with Gasteiger partial charge in [0.25, 0.3) is 5.56 Å². The SMILES string of the molecule is Cc1noc(C)c1COc1cccc(C(=O)OCC(=O)c2c(N)n(CC(C)C)c(=O)n(C)c2=O)c1. The zero-order valence-electron chi connectivity index (χ0n) is 20.3. The molecule has 0 fully saturated rings. The van der Waals surface area contributed by atoms with Gasteiger partial charge in [-0.15, -0.1) is 0 Å². The first kappa shape index (κ1) is 25.5. The van der Waals surface area contributed by atoms with E-state index in [0.717, 1.165) is 10.1 Å². The molecular formula is C24H28N4O7. The molecule has 11 nitrogen and oxygen atoms in total. The first-order valence-electron chi connectivity index (χ1n) is 11.0. The summed E-state index contributed by atoms with van der Waals surface area (Å²) in [5.41, 5.74) is 5.81. The van der Waals surface area contributed by atoms with E-state index in [-0.39, 0.29) is 30.5 Å². The molecule has 0 amide bonds. The number of aromatic nitrogens is 3. The molecule has 0 bridgehead atoms. The molecule has 0 spiro atoms. The second-order valence-electron chi connectivity index (χ2n) is 8.53. The molecule has 0 atom stereocenters. The smallest absolute Gasteiger partial charge is 0.338 e. The molecule has 1 aromatic carbocycles. The van der Waals surface area contributed by atoms with E-state index >= 15 is 0 Å². The Hall–Kier alpha value is -4.15. The molecule has 2 N–H and O–H groups in total. The minimum atomic E-state index is -0.844. The van der Waals surface area contributed by atoms with E-state index in [9.17, 15) is 19.2 Å². The normalized spacial score (nSPS) is 11.0. The Morgan fingerprint density at radius 1 is 1.20 bits per heavy atom. The molecule has 35 heavy (non-hydrogen) atoms. The summed E-state index contributed by atoms with van der Waals surface area (Å²) in [5, 5.41) is 3.87. The van der Waals surface area contributed by atoms with Crippen molar-refractivity contribution in [3.63, 3.8) is 0 Å². The fourth-order valence-electron chi connectivity index (χ4n) is 3.45. The van der Waals surface area contributed by atoms with Gasteiger partial charge in [0, 0.05) is 13.6 Å². The average molecular weight is 485 g/mol. The number of nitrogen functional groups attached to an aromatic ring is 1. The number of ketones is 1. The first-order valence-corrected chi connectivity index (χ1v) is 11.0. The van der Waals surface area contributed by atoms with Gasteiger partial charge in [0.15, 0.2) is 6.61 Å². The molecule has 2 heterocycles. The van der Waals surface area contributed by atoms with E-state index in [0.29, 0.717) is 17.2 Å². The van der Waals surface area contributed by atoms with Gasteiger partial charge >= 0.3 is 11.7 Å². The second kappa shape index (κ2) is 10.4. The van der Waals surface area contributed by atoms with E-state index in [1.165, 1.54) is 23.7 Å². The van der Waals surface area contributed by atoms with Crippen LogP contribution >= 0.6 is 0 Å². The molecule has 2 aromatic heterocycles. The predicted molar refractivity (Wildman–Crippen MR) is 127 cm³/mol. The van der Waals surface area contributed by atoms with Gasteiger partial charge in [-0.2, -0.15) is 0 Å². The number of benzene rings is 1. The van der Waals surface area contributed by atoms with E-state index in [1.54, 1.807) is 26.0 Å². The van der Waals surface area contributed by atoms with Crippen LogP contribution in [0.2, 0.25) is 0 Å². The fraction of sp³-hybridized carbons (Fsp3) is 0.375. The van der Waals surface area contributed by atoms with Gasteiger partial charge in [-0.1, -0.05) is 25.1 Å². The Bertz CT molecular complexity index is 1360. The van der Waals surface area contributed by atoms with Crippen LogP contribution in [0.5, 0.6) is 5.75 Å². The van der Waals surface area contributed by atoms with E-state index < -0.39 is 35.2 Å². The summed E-state index contributed by atoms with van der Waals surface area (Å²) in [6, 6.07) is 6.26. The minimum Gasteiger partial charge on any atom is -0.489 e. The number of anilines is 1. The van der Waals surface area contributed by atoms with Gasteiger partial charge in [0.2, 0.25) is 5.78 Å². The Morgan fingerprint density at radius 2 is 1.91 bits per heavy atom. The van der Waals surface area contributed by atoms with Crippen LogP contribution < -0.4 is 21.7 Å². The lowest BCUT2D eigenvalue weighted by Crippen LogP contribution is -2.43. The molecule has 0 unspecified atom stereocenters. The van der Waals surface area contributed by atoms with Crippen molar-refractivity contribution in [1.82, 2.24) is 14.3 Å². The van der Waals surface area contributed by atoms with Crippen molar-refractivity contribution in [1.29, 1.82) is 0 Å². The molecule has 3 rings (SSSR count). The van der Waals surface area contributed by atoms with Crippen molar-refractivity contribution in [3.8, 4) is 5.75 Å². The maximum Gasteiger partial charge on any atom is 0.338 e. The number of nitrogens with two attached hydrogens (primary N) is 1. The number of esters is 1. The summed E-state index contributed by atoms with van der Waals surface area (Å²) in [7, 11) is 1.26. The number of rotatable bonds is 9. The van der Waals surface area contributed by atoms with Crippen molar-refractivity contribution in [2.75, 3.05) is 12.3 Å². The number of aryl methyl sites for hydroxylation is 2. The van der Waals surface area contributed by atoms with Crippen LogP contribution in [0.15, 0.2) is 38.4 Å². The Morgan fingerprint density at radius 3 is 2.54 bits per heavy atom. The summed E-state index contributed by atoms with van der Waals surface area (Å²) in [4.78, 5) is 50.3. The summed E-state index contributed by atoms with van der Waals surface area (Å²) in [6.07, 6.45) is 0. The highest BCUT2D eigenvalue weighted by molar-refractivity contribution is 6.02. The highest BCUT2D eigenvalue weighted by Crippen LogP contribution is 2.19. The molecule has 11 heteroatoms. The Balaban J connectivity index is 1.73. The van der Waals surface area contributed by atoms with Gasteiger partial charge < -0.3 is 19.7 Å². The predicted octanol–water partition coefficient (Wildman–Crippen LogP) is 2.01. The van der Waals surface area contributed by atoms with Gasteiger partial charge in [0.1, 0.15) is 29.5 Å². The summed E-state index contributed by atoms with van der Waals surface area (Å²) in [6.45, 7) is 7.02.